The zero-order chi connectivity index (χ0) is 15.2. The van der Waals surface area contributed by atoms with Crippen molar-refractivity contribution in [3.8, 4) is 0 Å². The van der Waals surface area contributed by atoms with E-state index in [1.807, 2.05) is 6.07 Å². The molecular formula is C14H19BrN4O2. The summed E-state index contributed by atoms with van der Waals surface area (Å²) in [7, 11) is 0. The van der Waals surface area contributed by atoms with Crippen molar-refractivity contribution in [3.05, 3.63) is 22.8 Å². The van der Waals surface area contributed by atoms with Crippen molar-refractivity contribution >= 4 is 33.6 Å². The monoisotopic (exact) mass is 354 g/mol. The fraction of sp³-hybridized carbons (Fsp3) is 0.500. The number of amides is 2. The highest BCUT2D eigenvalue weighted by molar-refractivity contribution is 9.10. The molecule has 21 heavy (non-hydrogen) atoms. The lowest BCUT2D eigenvalue weighted by atomic mass is 9.95. The molecule has 1 aliphatic heterocycles. The molecule has 1 fully saturated rings. The number of carbonyl (C=O) groups is 2. The maximum absolute atomic E-state index is 12.2. The zero-order valence-electron chi connectivity index (χ0n) is 11.7. The van der Waals surface area contributed by atoms with Gasteiger partial charge in [-0.1, -0.05) is 0 Å². The lowest BCUT2D eigenvalue weighted by Gasteiger charge is -2.31. The van der Waals surface area contributed by atoms with Gasteiger partial charge in [0.25, 0.3) is 0 Å². The smallest absolute Gasteiger partial charge is 0.228 e. The van der Waals surface area contributed by atoms with E-state index in [1.54, 1.807) is 17.2 Å². The number of nitrogens with zero attached hydrogens (tertiary/aromatic N) is 2. The number of hydrogen-bond acceptors (Lipinski definition) is 4. The number of nitrogens with two attached hydrogens (primary N) is 1. The van der Waals surface area contributed by atoms with Crippen LogP contribution in [0.3, 0.4) is 0 Å². The Balaban J connectivity index is 1.83. The molecule has 1 saturated heterocycles. The molecule has 6 nitrogen and oxygen atoms in total. The number of carbonyl (C=O) groups excluding carboxylic acids is 2. The van der Waals surface area contributed by atoms with Crippen molar-refractivity contribution in [2.75, 3.05) is 25.0 Å². The number of halogens is 1. The van der Waals surface area contributed by atoms with E-state index in [4.69, 9.17) is 5.73 Å². The summed E-state index contributed by atoms with van der Waals surface area (Å²) in [5, 5.41) is 2.81. The Hall–Kier alpha value is -1.47. The van der Waals surface area contributed by atoms with Crippen LogP contribution in [-0.4, -0.2) is 41.3 Å². The van der Waals surface area contributed by atoms with Gasteiger partial charge in [0.05, 0.1) is 0 Å². The number of hydrogen-bond donors (Lipinski definition) is 2. The van der Waals surface area contributed by atoms with E-state index in [2.05, 4.69) is 26.2 Å². The number of nitrogens with one attached hydrogen (secondary N) is 1. The molecule has 0 spiro atoms. The van der Waals surface area contributed by atoms with Gasteiger partial charge in [0.2, 0.25) is 11.8 Å². The first-order valence-corrected chi connectivity index (χ1v) is 7.79. The number of likely N-dealkylation sites (tertiary alicyclic amines) is 1. The van der Waals surface area contributed by atoms with Crippen LogP contribution in [0.1, 0.15) is 19.3 Å². The van der Waals surface area contributed by atoms with Crippen molar-refractivity contribution in [1.29, 1.82) is 0 Å². The van der Waals surface area contributed by atoms with Crippen molar-refractivity contribution in [3.63, 3.8) is 0 Å². The average Bonchev–Trinajstić information content (AvgIpc) is 2.50. The summed E-state index contributed by atoms with van der Waals surface area (Å²) in [5.74, 6) is 0.517. The molecule has 2 heterocycles. The summed E-state index contributed by atoms with van der Waals surface area (Å²) in [4.78, 5) is 29.8. The molecule has 0 radical (unpaired) electrons. The minimum absolute atomic E-state index is 0.0317. The largest absolute Gasteiger partial charge is 0.343 e. The third-order valence-electron chi connectivity index (χ3n) is 3.56. The SMILES string of the molecule is NCCC(=O)N1CCC(C(=O)Nc2ccc(Br)cn2)CC1. The quantitative estimate of drug-likeness (QED) is 0.854. The highest BCUT2D eigenvalue weighted by Crippen LogP contribution is 2.20. The highest BCUT2D eigenvalue weighted by atomic mass is 79.9. The number of pyridine rings is 1. The normalized spacial score (nSPS) is 15.8. The van der Waals surface area contributed by atoms with E-state index in [9.17, 15) is 9.59 Å². The molecule has 0 unspecified atom stereocenters. The Kier molecular flexibility index (Phi) is 5.69. The van der Waals surface area contributed by atoms with Gasteiger partial charge in [-0.25, -0.2) is 4.98 Å². The van der Waals surface area contributed by atoms with Crippen molar-refractivity contribution in [1.82, 2.24) is 9.88 Å². The molecule has 7 heteroatoms. The summed E-state index contributed by atoms with van der Waals surface area (Å²) in [6.07, 6.45) is 3.38. The molecule has 3 N–H and O–H groups in total. The molecule has 1 aromatic rings. The Morgan fingerprint density at radius 1 is 1.38 bits per heavy atom. The number of aromatic nitrogens is 1. The van der Waals surface area contributed by atoms with Gasteiger partial charge in [0.15, 0.2) is 0 Å². The van der Waals surface area contributed by atoms with E-state index in [0.717, 1.165) is 4.47 Å². The van der Waals surface area contributed by atoms with Gasteiger partial charge in [-0.3, -0.25) is 9.59 Å². The number of rotatable bonds is 4. The molecule has 1 aromatic heterocycles. The molecule has 0 saturated carbocycles. The van der Waals surface area contributed by atoms with Gasteiger partial charge >= 0.3 is 0 Å². The van der Waals surface area contributed by atoms with E-state index in [0.29, 0.717) is 44.7 Å². The average molecular weight is 355 g/mol. The van der Waals surface area contributed by atoms with Crippen molar-refractivity contribution < 1.29 is 9.59 Å². The summed E-state index contributed by atoms with van der Waals surface area (Å²) < 4.78 is 0.868. The lowest BCUT2D eigenvalue weighted by Crippen LogP contribution is -2.42. The number of piperidine rings is 1. The Labute approximate surface area is 132 Å². The van der Waals surface area contributed by atoms with Gasteiger partial charge in [-0.15, -0.1) is 0 Å². The highest BCUT2D eigenvalue weighted by Gasteiger charge is 2.27. The van der Waals surface area contributed by atoms with E-state index in [-0.39, 0.29) is 17.7 Å². The molecule has 2 rings (SSSR count). The molecule has 0 bridgehead atoms. The van der Waals surface area contributed by atoms with Crippen molar-refractivity contribution in [2.24, 2.45) is 11.7 Å². The van der Waals surface area contributed by atoms with Crippen LogP contribution < -0.4 is 11.1 Å². The first-order valence-electron chi connectivity index (χ1n) is 7.00. The van der Waals surface area contributed by atoms with Gasteiger partial charge in [-0.2, -0.15) is 0 Å². The minimum atomic E-state index is -0.0719. The van der Waals surface area contributed by atoms with Crippen LogP contribution in [0.5, 0.6) is 0 Å². The van der Waals surface area contributed by atoms with Gasteiger partial charge in [-0.05, 0) is 40.9 Å². The molecule has 1 aliphatic rings. The third-order valence-corrected chi connectivity index (χ3v) is 4.02. The van der Waals surface area contributed by atoms with Crippen molar-refractivity contribution in [2.45, 2.75) is 19.3 Å². The predicted octanol–water partition coefficient (Wildman–Crippen LogP) is 1.37. The second-order valence-corrected chi connectivity index (χ2v) is 5.96. The Bertz CT molecular complexity index is 498. The van der Waals surface area contributed by atoms with Crippen LogP contribution in [0, 0.1) is 5.92 Å². The van der Waals surface area contributed by atoms with Crippen LogP contribution in [0.2, 0.25) is 0 Å². The van der Waals surface area contributed by atoms with E-state index < -0.39 is 0 Å². The Morgan fingerprint density at radius 3 is 2.67 bits per heavy atom. The van der Waals surface area contributed by atoms with Crippen LogP contribution in [0.25, 0.3) is 0 Å². The van der Waals surface area contributed by atoms with Crippen LogP contribution in [0.4, 0.5) is 5.82 Å². The first kappa shape index (κ1) is 15.9. The number of anilines is 1. The van der Waals surface area contributed by atoms with Crippen LogP contribution in [0.15, 0.2) is 22.8 Å². The first-order chi connectivity index (χ1) is 10.1. The van der Waals surface area contributed by atoms with Gasteiger partial charge < -0.3 is 16.0 Å². The lowest BCUT2D eigenvalue weighted by molar-refractivity contribution is -0.134. The van der Waals surface area contributed by atoms with E-state index >= 15 is 0 Å². The fourth-order valence-electron chi connectivity index (χ4n) is 2.35. The fourth-order valence-corrected chi connectivity index (χ4v) is 2.59. The van der Waals surface area contributed by atoms with Crippen LogP contribution in [-0.2, 0) is 9.59 Å². The second kappa shape index (κ2) is 7.51. The molecule has 0 aliphatic carbocycles. The van der Waals surface area contributed by atoms with Gasteiger partial charge in [0, 0.05) is 42.6 Å². The summed E-state index contributed by atoms with van der Waals surface area (Å²) >= 11 is 3.30. The molecule has 0 aromatic carbocycles. The molecule has 0 atom stereocenters. The maximum Gasteiger partial charge on any atom is 0.228 e. The molecule has 2 amide bonds. The minimum Gasteiger partial charge on any atom is -0.343 e. The summed E-state index contributed by atoms with van der Waals surface area (Å²) in [6, 6.07) is 3.58. The van der Waals surface area contributed by atoms with Crippen LogP contribution >= 0.6 is 15.9 Å². The topological polar surface area (TPSA) is 88.3 Å². The van der Waals surface area contributed by atoms with Gasteiger partial charge in [0.1, 0.15) is 5.82 Å². The predicted molar refractivity (Wildman–Crippen MR) is 83.5 cm³/mol. The molecular weight excluding hydrogens is 336 g/mol. The third kappa shape index (κ3) is 4.50. The molecule has 114 valence electrons. The summed E-state index contributed by atoms with van der Waals surface area (Å²) in [6.45, 7) is 1.60. The maximum atomic E-state index is 12.2. The second-order valence-electron chi connectivity index (χ2n) is 5.04. The van der Waals surface area contributed by atoms with E-state index in [1.165, 1.54) is 0 Å². The standard InChI is InChI=1S/C14H19BrN4O2/c15-11-1-2-12(17-9-11)18-14(21)10-4-7-19(8-5-10)13(20)3-6-16/h1-2,9-10H,3-8,16H2,(H,17,18,21). The zero-order valence-corrected chi connectivity index (χ0v) is 13.3. The Morgan fingerprint density at radius 2 is 2.10 bits per heavy atom. The summed E-state index contributed by atoms with van der Waals surface area (Å²) in [5.41, 5.74) is 5.39.